The van der Waals surface area contributed by atoms with Gasteiger partial charge in [0.15, 0.2) is 0 Å². The predicted octanol–water partition coefficient (Wildman–Crippen LogP) is 3.50. The van der Waals surface area contributed by atoms with Gasteiger partial charge in [0.05, 0.1) is 0 Å². The largest absolute Gasteiger partial charge is 0.385 e. The Balaban J connectivity index is 1.85. The molecule has 0 aliphatic heterocycles. The van der Waals surface area contributed by atoms with Gasteiger partial charge in [-0.05, 0) is 42.9 Å². The molecule has 3 nitrogen and oxygen atoms in total. The molecule has 3 heteroatoms. The van der Waals surface area contributed by atoms with Crippen molar-refractivity contribution >= 4 is 5.91 Å². The summed E-state index contributed by atoms with van der Waals surface area (Å²) >= 11 is 0. The molecule has 0 bridgehead atoms. The summed E-state index contributed by atoms with van der Waals surface area (Å²) in [4.78, 5) is 11.9. The van der Waals surface area contributed by atoms with Gasteiger partial charge in [-0.1, -0.05) is 31.4 Å². The first-order chi connectivity index (χ1) is 9.81. The van der Waals surface area contributed by atoms with Crippen LogP contribution in [0.3, 0.4) is 0 Å². The van der Waals surface area contributed by atoms with Gasteiger partial charge in [0.2, 0.25) is 0 Å². The molecule has 0 atom stereocenters. The number of benzene rings is 1. The van der Waals surface area contributed by atoms with Crippen LogP contribution < -0.4 is 5.32 Å². The number of hydrogen-bond donors (Lipinski definition) is 1. The maximum atomic E-state index is 11.9. The molecule has 1 amide bonds. The average Bonchev–Trinajstić information content (AvgIpc) is 2.52. The number of hydrogen-bond acceptors (Lipinski definition) is 2. The average molecular weight is 275 g/mol. The number of rotatable bonds is 6. The standard InChI is InChI=1S/C17H25NO2/c1-20-13-5-12-18-17(19)16-10-8-15(9-11-16)14-6-3-2-4-7-14/h8-11,14H,2-7,12-13H2,1H3,(H,18,19). The maximum absolute atomic E-state index is 11.9. The van der Waals surface area contributed by atoms with Crippen LogP contribution in [0.15, 0.2) is 24.3 Å². The fourth-order valence-electron chi connectivity index (χ4n) is 2.86. The zero-order chi connectivity index (χ0) is 14.2. The van der Waals surface area contributed by atoms with E-state index in [1.54, 1.807) is 7.11 Å². The molecular formula is C17H25NO2. The minimum atomic E-state index is 0.0105. The zero-order valence-electron chi connectivity index (χ0n) is 12.4. The Bertz CT molecular complexity index is 408. The molecule has 20 heavy (non-hydrogen) atoms. The normalized spacial score (nSPS) is 16.1. The topological polar surface area (TPSA) is 38.3 Å². The molecule has 0 heterocycles. The van der Waals surface area contributed by atoms with Crippen molar-refractivity contribution in [2.24, 2.45) is 0 Å². The predicted molar refractivity (Wildman–Crippen MR) is 81.1 cm³/mol. The number of ether oxygens (including phenoxy) is 1. The second-order valence-corrected chi connectivity index (χ2v) is 5.56. The number of methoxy groups -OCH3 is 1. The van der Waals surface area contributed by atoms with Gasteiger partial charge in [-0.3, -0.25) is 4.79 Å². The van der Waals surface area contributed by atoms with Crippen molar-refractivity contribution in [3.8, 4) is 0 Å². The lowest BCUT2D eigenvalue weighted by molar-refractivity contribution is 0.0948. The lowest BCUT2D eigenvalue weighted by atomic mass is 9.84. The van der Waals surface area contributed by atoms with Gasteiger partial charge in [0.25, 0.3) is 5.91 Å². The van der Waals surface area contributed by atoms with Crippen LogP contribution in [0.4, 0.5) is 0 Å². The Morgan fingerprint density at radius 3 is 2.55 bits per heavy atom. The third-order valence-corrected chi connectivity index (χ3v) is 4.06. The SMILES string of the molecule is COCCCNC(=O)c1ccc(C2CCCCC2)cc1. The molecule has 2 rings (SSSR count). The molecule has 1 saturated carbocycles. The van der Waals surface area contributed by atoms with Gasteiger partial charge < -0.3 is 10.1 Å². The van der Waals surface area contributed by atoms with E-state index < -0.39 is 0 Å². The van der Waals surface area contributed by atoms with E-state index in [1.165, 1.54) is 37.7 Å². The number of carbonyl (C=O) groups excluding carboxylic acids is 1. The minimum absolute atomic E-state index is 0.0105. The van der Waals surface area contributed by atoms with Crippen LogP contribution in [0, 0.1) is 0 Å². The van der Waals surface area contributed by atoms with E-state index in [0.717, 1.165) is 12.0 Å². The molecule has 0 saturated heterocycles. The minimum Gasteiger partial charge on any atom is -0.385 e. The van der Waals surface area contributed by atoms with Gasteiger partial charge in [0, 0.05) is 25.8 Å². The zero-order valence-corrected chi connectivity index (χ0v) is 12.4. The third kappa shape index (κ3) is 4.34. The van der Waals surface area contributed by atoms with Crippen molar-refractivity contribution < 1.29 is 9.53 Å². The van der Waals surface area contributed by atoms with E-state index in [9.17, 15) is 4.79 Å². The van der Waals surface area contributed by atoms with Gasteiger partial charge in [-0.15, -0.1) is 0 Å². The van der Waals surface area contributed by atoms with Crippen LogP contribution in [-0.4, -0.2) is 26.2 Å². The summed E-state index contributed by atoms with van der Waals surface area (Å²) in [5.74, 6) is 0.707. The van der Waals surface area contributed by atoms with Crippen molar-refractivity contribution in [2.75, 3.05) is 20.3 Å². The summed E-state index contributed by atoms with van der Waals surface area (Å²) in [5, 5.41) is 2.91. The van der Waals surface area contributed by atoms with Crippen molar-refractivity contribution in [1.29, 1.82) is 0 Å². The van der Waals surface area contributed by atoms with E-state index in [4.69, 9.17) is 4.74 Å². The highest BCUT2D eigenvalue weighted by Gasteiger charge is 2.15. The Morgan fingerprint density at radius 2 is 1.90 bits per heavy atom. The molecule has 0 radical (unpaired) electrons. The highest BCUT2D eigenvalue weighted by Crippen LogP contribution is 2.32. The summed E-state index contributed by atoms with van der Waals surface area (Å²) < 4.78 is 4.96. The van der Waals surface area contributed by atoms with Crippen LogP contribution in [-0.2, 0) is 4.74 Å². The van der Waals surface area contributed by atoms with Crippen LogP contribution in [0.2, 0.25) is 0 Å². The molecule has 1 aliphatic rings. The van der Waals surface area contributed by atoms with Crippen molar-refractivity contribution in [2.45, 2.75) is 44.4 Å². The van der Waals surface area contributed by atoms with Gasteiger partial charge in [0.1, 0.15) is 0 Å². The Labute approximate surface area is 121 Å². The van der Waals surface area contributed by atoms with Crippen LogP contribution >= 0.6 is 0 Å². The van der Waals surface area contributed by atoms with E-state index >= 15 is 0 Å². The molecule has 1 fully saturated rings. The van der Waals surface area contributed by atoms with Crippen LogP contribution in [0.25, 0.3) is 0 Å². The highest BCUT2D eigenvalue weighted by atomic mass is 16.5. The molecule has 0 unspecified atom stereocenters. The Kier molecular flexibility index (Phi) is 6.06. The molecule has 110 valence electrons. The first-order valence-electron chi connectivity index (χ1n) is 7.68. The lowest BCUT2D eigenvalue weighted by Gasteiger charge is -2.22. The van der Waals surface area contributed by atoms with Gasteiger partial charge >= 0.3 is 0 Å². The lowest BCUT2D eigenvalue weighted by Crippen LogP contribution is -2.25. The summed E-state index contributed by atoms with van der Waals surface area (Å²) in [6.45, 7) is 1.35. The third-order valence-electron chi connectivity index (χ3n) is 4.06. The molecule has 1 aromatic rings. The van der Waals surface area contributed by atoms with Gasteiger partial charge in [-0.25, -0.2) is 0 Å². The van der Waals surface area contributed by atoms with E-state index in [1.807, 2.05) is 12.1 Å². The highest BCUT2D eigenvalue weighted by molar-refractivity contribution is 5.94. The van der Waals surface area contributed by atoms with E-state index in [2.05, 4.69) is 17.4 Å². The Morgan fingerprint density at radius 1 is 1.20 bits per heavy atom. The number of nitrogens with one attached hydrogen (secondary N) is 1. The number of carbonyl (C=O) groups is 1. The summed E-state index contributed by atoms with van der Waals surface area (Å²) in [7, 11) is 1.67. The second kappa shape index (κ2) is 8.05. The van der Waals surface area contributed by atoms with Crippen molar-refractivity contribution in [1.82, 2.24) is 5.32 Å². The summed E-state index contributed by atoms with van der Waals surface area (Å²) in [5.41, 5.74) is 2.14. The first kappa shape index (κ1) is 15.0. The summed E-state index contributed by atoms with van der Waals surface area (Å²) in [6, 6.07) is 8.16. The molecule has 0 spiro atoms. The monoisotopic (exact) mass is 275 g/mol. The fraction of sp³-hybridized carbons (Fsp3) is 0.588. The fourth-order valence-corrected chi connectivity index (χ4v) is 2.86. The molecular weight excluding hydrogens is 250 g/mol. The second-order valence-electron chi connectivity index (χ2n) is 5.56. The van der Waals surface area contributed by atoms with Gasteiger partial charge in [-0.2, -0.15) is 0 Å². The van der Waals surface area contributed by atoms with Crippen molar-refractivity contribution in [3.63, 3.8) is 0 Å². The molecule has 0 aromatic heterocycles. The Hall–Kier alpha value is -1.35. The molecule has 1 aromatic carbocycles. The summed E-state index contributed by atoms with van der Waals surface area (Å²) in [6.07, 6.45) is 7.49. The first-order valence-corrected chi connectivity index (χ1v) is 7.68. The van der Waals surface area contributed by atoms with E-state index in [-0.39, 0.29) is 5.91 Å². The maximum Gasteiger partial charge on any atom is 0.251 e. The molecule has 1 N–H and O–H groups in total. The van der Waals surface area contributed by atoms with Crippen molar-refractivity contribution in [3.05, 3.63) is 35.4 Å². The number of amides is 1. The van der Waals surface area contributed by atoms with Crippen LogP contribution in [0.1, 0.15) is 60.4 Å². The quantitative estimate of drug-likeness (QED) is 0.807. The molecule has 1 aliphatic carbocycles. The smallest absolute Gasteiger partial charge is 0.251 e. The van der Waals surface area contributed by atoms with Crippen LogP contribution in [0.5, 0.6) is 0 Å². The van der Waals surface area contributed by atoms with E-state index in [0.29, 0.717) is 19.1 Å².